The predicted molar refractivity (Wildman–Crippen MR) is 79.4 cm³/mol. The van der Waals surface area contributed by atoms with Gasteiger partial charge in [0.25, 0.3) is 0 Å². The maximum absolute atomic E-state index is 6.05. The summed E-state index contributed by atoms with van der Waals surface area (Å²) in [6.45, 7) is 0. The van der Waals surface area contributed by atoms with E-state index in [1.807, 2.05) is 6.07 Å². The molecule has 1 heterocycles. The molecule has 0 aliphatic rings. The largest absolute Gasteiger partial charge is 0.453 e. The summed E-state index contributed by atoms with van der Waals surface area (Å²) < 4.78 is 6.55. The number of benzene rings is 1. The van der Waals surface area contributed by atoms with E-state index in [2.05, 4.69) is 20.9 Å². The average molecular weight is 344 g/mol. The summed E-state index contributed by atoms with van der Waals surface area (Å²) in [7, 11) is 0. The van der Waals surface area contributed by atoms with Crippen LogP contribution in [0, 0.1) is 0 Å². The Morgan fingerprint density at radius 2 is 2.11 bits per heavy atom. The van der Waals surface area contributed by atoms with Crippen LogP contribution in [0.1, 0.15) is 5.69 Å². The Hall–Kier alpha value is -1.17. The maximum Gasteiger partial charge on any atom is 0.156 e. The first-order valence-corrected chi connectivity index (χ1v) is 6.53. The van der Waals surface area contributed by atoms with E-state index < -0.39 is 0 Å². The normalized spacial score (nSPS) is 10.1. The second-order valence-corrected chi connectivity index (χ2v) is 5.15. The summed E-state index contributed by atoms with van der Waals surface area (Å²) in [5.74, 6) is 0.988. The van der Waals surface area contributed by atoms with Gasteiger partial charge in [-0.1, -0.05) is 39.7 Å². The van der Waals surface area contributed by atoms with E-state index in [9.17, 15) is 0 Å². The second kappa shape index (κ2) is 5.65. The van der Waals surface area contributed by atoms with Gasteiger partial charge in [-0.25, -0.2) is 4.98 Å². The molecule has 0 spiro atoms. The van der Waals surface area contributed by atoms with E-state index in [1.165, 1.54) is 0 Å². The highest BCUT2D eigenvalue weighted by Gasteiger charge is 2.10. The van der Waals surface area contributed by atoms with Crippen molar-refractivity contribution in [3.63, 3.8) is 0 Å². The van der Waals surface area contributed by atoms with Crippen LogP contribution in [0.4, 0.5) is 0 Å². The zero-order valence-electron chi connectivity index (χ0n) is 9.06. The standard InChI is InChI=1S/C12H8BrClN2OS/c13-7-3-4-8(14)10(6-7)17-9-2-1-5-16-11(9)12(15)18/h1-6H,(H2,15,18). The molecule has 1 aromatic carbocycles. The van der Waals surface area contributed by atoms with Gasteiger partial charge in [-0.2, -0.15) is 0 Å². The van der Waals surface area contributed by atoms with Crippen molar-refractivity contribution < 1.29 is 4.74 Å². The van der Waals surface area contributed by atoms with Gasteiger partial charge < -0.3 is 10.5 Å². The average Bonchev–Trinajstić information content (AvgIpc) is 2.34. The van der Waals surface area contributed by atoms with Crippen molar-refractivity contribution in [3.05, 3.63) is 51.7 Å². The number of thiocarbonyl (C=S) groups is 1. The van der Waals surface area contributed by atoms with Crippen LogP contribution in [0.3, 0.4) is 0 Å². The molecule has 0 aliphatic carbocycles. The maximum atomic E-state index is 6.05. The number of halogens is 2. The summed E-state index contributed by atoms with van der Waals surface area (Å²) in [5.41, 5.74) is 6.02. The first-order valence-electron chi connectivity index (χ1n) is 4.95. The summed E-state index contributed by atoms with van der Waals surface area (Å²) in [6, 6.07) is 8.80. The predicted octanol–water partition coefficient (Wildman–Crippen LogP) is 3.92. The third-order valence-electron chi connectivity index (χ3n) is 2.12. The lowest BCUT2D eigenvalue weighted by Crippen LogP contribution is -2.12. The van der Waals surface area contributed by atoms with Gasteiger partial charge in [0.05, 0.1) is 5.02 Å². The zero-order valence-corrected chi connectivity index (χ0v) is 12.2. The molecular weight excluding hydrogens is 336 g/mol. The molecule has 0 aliphatic heterocycles. The van der Waals surface area contributed by atoms with E-state index in [1.54, 1.807) is 30.5 Å². The minimum absolute atomic E-state index is 0.178. The number of pyridine rings is 1. The molecule has 92 valence electrons. The van der Waals surface area contributed by atoms with E-state index in [0.717, 1.165) is 4.47 Å². The van der Waals surface area contributed by atoms with Crippen LogP contribution in [0.2, 0.25) is 5.02 Å². The van der Waals surface area contributed by atoms with Crippen LogP contribution in [0.25, 0.3) is 0 Å². The summed E-state index contributed by atoms with van der Waals surface area (Å²) in [5, 5.41) is 0.496. The Morgan fingerprint density at radius 1 is 1.33 bits per heavy atom. The highest BCUT2D eigenvalue weighted by Crippen LogP contribution is 2.32. The quantitative estimate of drug-likeness (QED) is 0.858. The number of ether oxygens (including phenoxy) is 1. The number of hydrogen-bond acceptors (Lipinski definition) is 3. The fourth-order valence-electron chi connectivity index (χ4n) is 1.33. The molecule has 0 saturated heterocycles. The molecule has 3 nitrogen and oxygen atoms in total. The van der Waals surface area contributed by atoms with E-state index >= 15 is 0 Å². The Bertz CT molecular complexity index is 606. The van der Waals surface area contributed by atoms with Gasteiger partial charge in [0, 0.05) is 10.7 Å². The number of hydrogen-bond donors (Lipinski definition) is 1. The third kappa shape index (κ3) is 2.98. The lowest BCUT2D eigenvalue weighted by atomic mass is 10.3. The van der Waals surface area contributed by atoms with Crippen molar-refractivity contribution in [2.75, 3.05) is 0 Å². The molecule has 0 fully saturated rings. The number of nitrogens with zero attached hydrogens (tertiary/aromatic N) is 1. The first-order chi connectivity index (χ1) is 8.58. The summed E-state index contributed by atoms with van der Waals surface area (Å²) in [6.07, 6.45) is 1.60. The number of nitrogens with two attached hydrogens (primary N) is 1. The Balaban J connectivity index is 2.40. The molecule has 6 heteroatoms. The van der Waals surface area contributed by atoms with Crippen molar-refractivity contribution in [1.29, 1.82) is 0 Å². The molecular formula is C12H8BrClN2OS. The first kappa shape index (κ1) is 13.3. The molecule has 0 saturated carbocycles. The molecule has 2 N–H and O–H groups in total. The fourth-order valence-corrected chi connectivity index (χ4v) is 1.98. The van der Waals surface area contributed by atoms with Crippen LogP contribution in [-0.4, -0.2) is 9.97 Å². The molecule has 2 aromatic rings. The molecule has 1 aromatic heterocycles. The van der Waals surface area contributed by atoms with Crippen molar-refractivity contribution in [2.24, 2.45) is 5.73 Å². The van der Waals surface area contributed by atoms with Crippen molar-refractivity contribution in [1.82, 2.24) is 4.98 Å². The van der Waals surface area contributed by atoms with Crippen LogP contribution < -0.4 is 10.5 Å². The van der Waals surface area contributed by atoms with Gasteiger partial charge in [-0.05, 0) is 30.3 Å². The lowest BCUT2D eigenvalue weighted by Gasteiger charge is -2.10. The van der Waals surface area contributed by atoms with Gasteiger partial charge in [0.1, 0.15) is 16.4 Å². The van der Waals surface area contributed by atoms with Crippen LogP contribution in [0.5, 0.6) is 11.5 Å². The lowest BCUT2D eigenvalue weighted by molar-refractivity contribution is 0.479. The minimum Gasteiger partial charge on any atom is -0.453 e. The topological polar surface area (TPSA) is 48.1 Å². The van der Waals surface area contributed by atoms with Crippen molar-refractivity contribution in [3.8, 4) is 11.5 Å². The molecule has 0 radical (unpaired) electrons. The zero-order chi connectivity index (χ0) is 13.1. The van der Waals surface area contributed by atoms with Crippen molar-refractivity contribution in [2.45, 2.75) is 0 Å². The Morgan fingerprint density at radius 3 is 2.83 bits per heavy atom. The van der Waals surface area contributed by atoms with Gasteiger partial charge in [0.15, 0.2) is 5.75 Å². The highest BCUT2D eigenvalue weighted by atomic mass is 79.9. The third-order valence-corrected chi connectivity index (χ3v) is 3.12. The van der Waals surface area contributed by atoms with Crippen LogP contribution >= 0.6 is 39.7 Å². The highest BCUT2D eigenvalue weighted by molar-refractivity contribution is 9.10. The minimum atomic E-state index is 0.178. The van der Waals surface area contributed by atoms with Crippen molar-refractivity contribution >= 4 is 44.7 Å². The number of aromatic nitrogens is 1. The van der Waals surface area contributed by atoms with Gasteiger partial charge in [0.2, 0.25) is 0 Å². The Kier molecular flexibility index (Phi) is 4.16. The summed E-state index contributed by atoms with van der Waals surface area (Å²) >= 11 is 14.3. The van der Waals surface area contributed by atoms with Gasteiger partial charge in [-0.15, -0.1) is 0 Å². The molecule has 0 atom stereocenters. The molecule has 2 rings (SSSR count). The second-order valence-electron chi connectivity index (χ2n) is 3.39. The van der Waals surface area contributed by atoms with Crippen LogP contribution in [0.15, 0.2) is 41.0 Å². The SMILES string of the molecule is NC(=S)c1ncccc1Oc1cc(Br)ccc1Cl. The molecule has 18 heavy (non-hydrogen) atoms. The van der Waals surface area contributed by atoms with Gasteiger partial charge >= 0.3 is 0 Å². The summed E-state index contributed by atoms with van der Waals surface area (Å²) in [4.78, 5) is 4.26. The molecule has 0 unspecified atom stereocenters. The molecule has 0 bridgehead atoms. The smallest absolute Gasteiger partial charge is 0.156 e. The Labute approximate surface area is 123 Å². The monoisotopic (exact) mass is 342 g/mol. The van der Waals surface area contributed by atoms with E-state index in [-0.39, 0.29) is 4.99 Å². The fraction of sp³-hybridized carbons (Fsp3) is 0. The number of rotatable bonds is 3. The van der Waals surface area contributed by atoms with E-state index in [0.29, 0.717) is 22.2 Å². The van der Waals surface area contributed by atoms with Crippen LogP contribution in [-0.2, 0) is 0 Å². The molecule has 0 amide bonds. The van der Waals surface area contributed by atoms with Gasteiger partial charge in [-0.3, -0.25) is 0 Å². The van der Waals surface area contributed by atoms with E-state index in [4.69, 9.17) is 34.3 Å².